The van der Waals surface area contributed by atoms with Crippen LogP contribution in [0.4, 0.5) is 0 Å². The second-order valence-electron chi connectivity index (χ2n) is 5.16. The summed E-state index contributed by atoms with van der Waals surface area (Å²) in [5, 5.41) is 1.92. The van der Waals surface area contributed by atoms with Crippen LogP contribution in [0.2, 0.25) is 0 Å². The third-order valence-electron chi connectivity index (χ3n) is 3.63. The molecule has 2 aromatic carbocycles. The molecule has 0 spiro atoms. The first-order valence-electron chi connectivity index (χ1n) is 6.72. The minimum Gasteiger partial charge on any atom is -0.289 e. The van der Waals surface area contributed by atoms with Gasteiger partial charge < -0.3 is 0 Å². The van der Waals surface area contributed by atoms with Gasteiger partial charge in [0.2, 0.25) is 0 Å². The lowest BCUT2D eigenvalue weighted by Crippen LogP contribution is -2.04. The monoisotopic (exact) mass is 339 g/mol. The molecule has 0 aliphatic heterocycles. The van der Waals surface area contributed by atoms with E-state index in [1.165, 1.54) is 0 Å². The van der Waals surface area contributed by atoms with Crippen LogP contribution in [0.1, 0.15) is 27.0 Å². The molecular weight excluding hydrogens is 326 g/mol. The summed E-state index contributed by atoms with van der Waals surface area (Å²) in [5.41, 5.74) is 3.54. The summed E-state index contributed by atoms with van der Waals surface area (Å²) in [6, 6.07) is 11.5. The lowest BCUT2D eigenvalue weighted by atomic mass is 9.96. The van der Waals surface area contributed by atoms with Gasteiger partial charge in [-0.1, -0.05) is 34.1 Å². The lowest BCUT2D eigenvalue weighted by molar-refractivity contribution is 0.104. The van der Waals surface area contributed by atoms with E-state index in [0.717, 1.165) is 26.4 Å². The van der Waals surface area contributed by atoms with E-state index in [0.29, 0.717) is 11.1 Å². The highest BCUT2D eigenvalue weighted by molar-refractivity contribution is 9.10. The second kappa shape index (κ2) is 5.41. The zero-order valence-corrected chi connectivity index (χ0v) is 13.4. The van der Waals surface area contributed by atoms with E-state index in [2.05, 4.69) is 20.9 Å². The van der Waals surface area contributed by atoms with Gasteiger partial charge in [0.1, 0.15) is 0 Å². The first-order valence-corrected chi connectivity index (χ1v) is 7.51. The Morgan fingerprint density at radius 2 is 1.81 bits per heavy atom. The average molecular weight is 340 g/mol. The molecule has 104 valence electrons. The molecule has 0 atom stereocenters. The summed E-state index contributed by atoms with van der Waals surface area (Å²) in [4.78, 5) is 17.0. The topological polar surface area (TPSA) is 30.0 Å². The Bertz CT molecular complexity index is 826. The third kappa shape index (κ3) is 2.49. The molecule has 0 N–H and O–H groups in total. The molecule has 0 saturated carbocycles. The number of aryl methyl sites for hydroxylation is 2. The lowest BCUT2D eigenvalue weighted by Gasteiger charge is -2.09. The first-order chi connectivity index (χ1) is 10.1. The van der Waals surface area contributed by atoms with Gasteiger partial charge in [-0.05, 0) is 48.6 Å². The van der Waals surface area contributed by atoms with Gasteiger partial charge in [-0.15, -0.1) is 0 Å². The Hall–Kier alpha value is -2.00. The summed E-state index contributed by atoms with van der Waals surface area (Å²) < 4.78 is 1.05. The molecule has 0 saturated heterocycles. The molecule has 0 bridgehead atoms. The Morgan fingerprint density at radius 1 is 1.10 bits per heavy atom. The van der Waals surface area contributed by atoms with E-state index < -0.39 is 0 Å². The van der Waals surface area contributed by atoms with Crippen molar-refractivity contribution >= 4 is 32.5 Å². The Morgan fingerprint density at radius 3 is 2.52 bits per heavy atom. The molecule has 2 nitrogen and oxygen atoms in total. The molecule has 3 heteroatoms. The van der Waals surface area contributed by atoms with E-state index >= 15 is 0 Å². The quantitative estimate of drug-likeness (QED) is 0.625. The van der Waals surface area contributed by atoms with Crippen molar-refractivity contribution in [2.24, 2.45) is 0 Å². The highest BCUT2D eigenvalue weighted by atomic mass is 79.9. The van der Waals surface area contributed by atoms with Crippen LogP contribution < -0.4 is 0 Å². The van der Waals surface area contributed by atoms with Crippen LogP contribution in [0, 0.1) is 13.8 Å². The number of ketones is 1. The maximum absolute atomic E-state index is 12.8. The minimum absolute atomic E-state index is 0.0345. The zero-order valence-electron chi connectivity index (χ0n) is 11.9. The molecule has 1 heterocycles. The molecule has 0 amide bonds. The number of aromatic nitrogens is 1. The number of rotatable bonds is 2. The highest BCUT2D eigenvalue weighted by Crippen LogP contribution is 2.26. The minimum atomic E-state index is 0.0345. The summed E-state index contributed by atoms with van der Waals surface area (Å²) in [6.07, 6.45) is 3.49. The van der Waals surface area contributed by atoms with Crippen LogP contribution in [0.25, 0.3) is 10.8 Å². The van der Waals surface area contributed by atoms with Crippen molar-refractivity contribution in [2.45, 2.75) is 13.8 Å². The van der Waals surface area contributed by atoms with Gasteiger partial charge in [-0.25, -0.2) is 0 Å². The molecule has 0 aliphatic carbocycles. The maximum atomic E-state index is 12.8. The Balaban J connectivity index is 2.17. The van der Waals surface area contributed by atoms with E-state index in [4.69, 9.17) is 0 Å². The van der Waals surface area contributed by atoms with Crippen molar-refractivity contribution in [1.29, 1.82) is 0 Å². The van der Waals surface area contributed by atoms with Crippen LogP contribution in [0.15, 0.2) is 53.3 Å². The predicted octanol–water partition coefficient (Wildman–Crippen LogP) is 4.85. The van der Waals surface area contributed by atoms with E-state index in [-0.39, 0.29) is 5.78 Å². The third-order valence-corrected chi connectivity index (χ3v) is 4.88. The van der Waals surface area contributed by atoms with Crippen LogP contribution in [-0.4, -0.2) is 10.8 Å². The van der Waals surface area contributed by atoms with Gasteiger partial charge in [0.05, 0.1) is 0 Å². The molecule has 3 aromatic rings. The van der Waals surface area contributed by atoms with E-state index in [9.17, 15) is 4.79 Å². The summed E-state index contributed by atoms with van der Waals surface area (Å²) in [7, 11) is 0. The second-order valence-corrected chi connectivity index (χ2v) is 5.95. The van der Waals surface area contributed by atoms with Crippen molar-refractivity contribution in [1.82, 2.24) is 4.98 Å². The predicted molar refractivity (Wildman–Crippen MR) is 88.8 cm³/mol. The number of pyridine rings is 1. The number of hydrogen-bond donors (Lipinski definition) is 0. The first kappa shape index (κ1) is 14.0. The number of halogens is 1. The van der Waals surface area contributed by atoms with Crippen LogP contribution in [-0.2, 0) is 0 Å². The SMILES string of the molecule is Cc1cc(C(=O)c2cccc3ccncc23)cc(C)c1Br. The van der Waals surface area contributed by atoms with Crippen molar-refractivity contribution in [3.8, 4) is 0 Å². The fraction of sp³-hybridized carbons (Fsp3) is 0.111. The van der Waals surface area contributed by atoms with Crippen LogP contribution in [0.5, 0.6) is 0 Å². The van der Waals surface area contributed by atoms with Crippen molar-refractivity contribution in [3.05, 3.63) is 75.5 Å². The maximum Gasteiger partial charge on any atom is 0.193 e. The number of hydrogen-bond acceptors (Lipinski definition) is 2. The van der Waals surface area contributed by atoms with Gasteiger partial charge in [0.25, 0.3) is 0 Å². The fourth-order valence-corrected chi connectivity index (χ4v) is 2.77. The number of benzene rings is 2. The summed E-state index contributed by atoms with van der Waals surface area (Å²) in [5.74, 6) is 0.0345. The number of fused-ring (bicyclic) bond motifs is 1. The van der Waals surface area contributed by atoms with Crippen LogP contribution in [0.3, 0.4) is 0 Å². The molecular formula is C18H14BrNO. The van der Waals surface area contributed by atoms with Crippen molar-refractivity contribution < 1.29 is 4.79 Å². The van der Waals surface area contributed by atoms with Gasteiger partial charge in [-0.3, -0.25) is 9.78 Å². The van der Waals surface area contributed by atoms with E-state index in [1.807, 2.05) is 50.2 Å². The van der Waals surface area contributed by atoms with Crippen molar-refractivity contribution in [3.63, 3.8) is 0 Å². The van der Waals surface area contributed by atoms with E-state index in [1.54, 1.807) is 12.4 Å². The number of nitrogens with zero attached hydrogens (tertiary/aromatic N) is 1. The molecule has 0 radical (unpaired) electrons. The number of carbonyl (C=O) groups is 1. The van der Waals surface area contributed by atoms with Crippen molar-refractivity contribution in [2.75, 3.05) is 0 Å². The Kier molecular flexibility index (Phi) is 3.60. The Labute approximate surface area is 132 Å². The average Bonchev–Trinajstić information content (AvgIpc) is 2.51. The standard InChI is InChI=1S/C18H14BrNO/c1-11-8-14(9-12(2)17(11)19)18(21)15-5-3-4-13-6-7-20-10-16(13)15/h3-10H,1-2H3. The molecule has 1 aromatic heterocycles. The van der Waals surface area contributed by atoms with Gasteiger partial charge >= 0.3 is 0 Å². The van der Waals surface area contributed by atoms with Crippen LogP contribution >= 0.6 is 15.9 Å². The fourth-order valence-electron chi connectivity index (χ4n) is 2.54. The van der Waals surface area contributed by atoms with Gasteiger partial charge in [-0.2, -0.15) is 0 Å². The largest absolute Gasteiger partial charge is 0.289 e. The van der Waals surface area contributed by atoms with Gasteiger partial charge in [0.15, 0.2) is 5.78 Å². The summed E-state index contributed by atoms with van der Waals surface area (Å²) in [6.45, 7) is 4.00. The summed E-state index contributed by atoms with van der Waals surface area (Å²) >= 11 is 3.54. The molecule has 3 rings (SSSR count). The van der Waals surface area contributed by atoms with Gasteiger partial charge in [0, 0.05) is 33.4 Å². The smallest absolute Gasteiger partial charge is 0.193 e. The molecule has 21 heavy (non-hydrogen) atoms. The number of carbonyl (C=O) groups excluding carboxylic acids is 1. The molecule has 0 unspecified atom stereocenters. The zero-order chi connectivity index (χ0) is 15.0. The molecule has 0 aliphatic rings. The normalized spacial score (nSPS) is 10.8. The highest BCUT2D eigenvalue weighted by Gasteiger charge is 2.14. The molecule has 0 fully saturated rings.